The third kappa shape index (κ3) is 4.37. The number of nitrogens with two attached hydrogens (primary N) is 2. The number of nitriles is 2. The number of aliphatic imine (C=N–C) groups is 2. The molecule has 0 aromatic heterocycles. The lowest BCUT2D eigenvalue weighted by atomic mass is 9.91. The predicted molar refractivity (Wildman–Crippen MR) is 181 cm³/mol. The van der Waals surface area contributed by atoms with E-state index in [2.05, 4.69) is 45.9 Å². The normalized spacial score (nSPS) is 25.0. The molecule has 0 aliphatic carbocycles. The van der Waals surface area contributed by atoms with Gasteiger partial charge in [-0.1, -0.05) is 72.1 Å². The molecule has 0 saturated heterocycles. The first-order valence-corrected chi connectivity index (χ1v) is 15.8. The molecule has 230 valence electrons. The smallest absolute Gasteiger partial charge is 0.251 e. The second-order valence-corrected chi connectivity index (χ2v) is 12.8. The fraction of sp³-hybridized carbons (Fsp3) is 0.188. The summed E-state index contributed by atoms with van der Waals surface area (Å²) in [5, 5.41) is 27.3. The fourth-order valence-electron chi connectivity index (χ4n) is 5.91. The van der Waals surface area contributed by atoms with Gasteiger partial charge in [-0.25, -0.2) is 0 Å². The summed E-state index contributed by atoms with van der Waals surface area (Å²) in [6.45, 7) is 8.29. The van der Waals surface area contributed by atoms with Gasteiger partial charge >= 0.3 is 0 Å². The van der Waals surface area contributed by atoms with E-state index in [9.17, 15) is 20.1 Å². The van der Waals surface area contributed by atoms with Crippen LogP contribution < -0.4 is 22.1 Å². The number of anilines is 2. The van der Waals surface area contributed by atoms with Gasteiger partial charge < -0.3 is 31.9 Å². The molecule has 2 spiro atoms. The first-order chi connectivity index (χ1) is 22.3. The van der Waals surface area contributed by atoms with Crippen molar-refractivity contribution in [3.63, 3.8) is 0 Å². The van der Waals surface area contributed by atoms with Crippen molar-refractivity contribution in [1.29, 1.82) is 10.5 Å². The maximum Gasteiger partial charge on any atom is 0.251 e. The number of carbonyl (C=O) groups excluding carboxylic acids is 2. The minimum Gasteiger partial charge on any atom is -0.384 e. The first kappa shape index (κ1) is 30.6. The molecule has 14 heteroatoms. The van der Waals surface area contributed by atoms with Gasteiger partial charge in [0, 0.05) is 35.6 Å². The van der Waals surface area contributed by atoms with Crippen molar-refractivity contribution >= 4 is 57.0 Å². The van der Waals surface area contributed by atoms with Gasteiger partial charge in [0.05, 0.1) is 13.1 Å². The van der Waals surface area contributed by atoms with Crippen molar-refractivity contribution in [1.82, 2.24) is 9.80 Å². The topological polar surface area (TPSA) is 189 Å². The molecule has 6 rings (SSSR count). The van der Waals surface area contributed by atoms with E-state index in [-0.39, 0.29) is 60.8 Å². The van der Waals surface area contributed by atoms with Gasteiger partial charge in [-0.05, 0) is 12.1 Å². The van der Waals surface area contributed by atoms with Crippen LogP contribution in [-0.2, 0) is 19.1 Å². The van der Waals surface area contributed by atoms with E-state index in [1.54, 1.807) is 70.5 Å². The number of nitrogens with zero attached hydrogens (tertiary/aromatic N) is 6. The fourth-order valence-corrected chi connectivity index (χ4v) is 8.70. The van der Waals surface area contributed by atoms with Crippen LogP contribution in [0.1, 0.15) is 11.1 Å². The number of rotatable bonds is 7. The minimum atomic E-state index is -1.42. The van der Waals surface area contributed by atoms with Gasteiger partial charge in [0.15, 0.2) is 19.8 Å². The molecule has 0 radical (unpaired) electrons. The summed E-state index contributed by atoms with van der Waals surface area (Å²) in [6, 6.07) is 18.7. The van der Waals surface area contributed by atoms with Crippen LogP contribution in [0.5, 0.6) is 0 Å². The van der Waals surface area contributed by atoms with E-state index < -0.39 is 9.49 Å². The molecule has 2 aromatic carbocycles. The zero-order valence-electron chi connectivity index (χ0n) is 24.5. The van der Waals surface area contributed by atoms with Crippen molar-refractivity contribution in [3.05, 3.63) is 108 Å². The van der Waals surface area contributed by atoms with Crippen LogP contribution >= 0.6 is 23.5 Å². The second-order valence-electron chi connectivity index (χ2n) is 10.4. The molecule has 0 saturated carbocycles. The van der Waals surface area contributed by atoms with Gasteiger partial charge in [0.25, 0.3) is 11.8 Å². The number of nitrogens with one attached hydrogen (secondary N) is 2. The molecule has 4 aliphatic heterocycles. The van der Waals surface area contributed by atoms with E-state index in [0.29, 0.717) is 32.8 Å². The first-order valence-electron chi connectivity index (χ1n) is 14.1. The zero-order valence-corrected chi connectivity index (χ0v) is 26.1. The Hall–Kier alpha value is -5.44. The number of amidine groups is 2. The summed E-state index contributed by atoms with van der Waals surface area (Å²) < 4.78 is -2.85. The highest BCUT2D eigenvalue weighted by atomic mass is 32.2. The third-order valence-corrected chi connectivity index (χ3v) is 10.9. The van der Waals surface area contributed by atoms with Gasteiger partial charge in [0.1, 0.15) is 34.9 Å². The highest BCUT2D eigenvalue weighted by molar-refractivity contribution is 8.15. The number of fused-ring (bicyclic) bond motifs is 4. The number of hydrogen-bond acceptors (Lipinski definition) is 10. The Bertz CT molecular complexity index is 1780. The number of amides is 2. The molecule has 2 unspecified atom stereocenters. The van der Waals surface area contributed by atoms with Crippen molar-refractivity contribution in [2.45, 2.75) is 9.49 Å². The Kier molecular flexibility index (Phi) is 7.85. The standard InChI is InChI=1S/C32H28N10O2S2/c1-3-13-37-29-41(25(35)21(17-33)31(45-29)19-9-5-7-11-23(19)39-27(31)43)15-16-42-26(36)22(18-34)32(46-30(42)38-14-4-2)20-10-6-8-12-24(20)40-28(32)44/h3-12H,1-2,13-16,35-36H2,(H,39,43)(H,40,44). The van der Waals surface area contributed by atoms with Crippen LogP contribution in [0.4, 0.5) is 11.4 Å². The Morgan fingerprint density at radius 2 is 1.15 bits per heavy atom. The molecule has 12 nitrogen and oxygen atoms in total. The van der Waals surface area contributed by atoms with Crippen LogP contribution in [0.15, 0.2) is 107 Å². The summed E-state index contributed by atoms with van der Waals surface area (Å²) in [5.74, 6) is -0.647. The quantitative estimate of drug-likeness (QED) is 0.324. The van der Waals surface area contributed by atoms with Crippen LogP contribution in [0.2, 0.25) is 0 Å². The number of para-hydroxylation sites is 2. The SMILES string of the molecule is C=CCN=C1SC2(C(=O)Nc3ccccc32)C(C#N)=C(N)N1CCN1C(=NCC=C)SC2(C(=O)Nc3ccccc32)C(C#N)=C1N. The summed E-state index contributed by atoms with van der Waals surface area (Å²) in [6.07, 6.45) is 3.23. The lowest BCUT2D eigenvalue weighted by Crippen LogP contribution is -2.51. The van der Waals surface area contributed by atoms with E-state index in [1.807, 2.05) is 0 Å². The minimum absolute atomic E-state index is 0.0637. The van der Waals surface area contributed by atoms with E-state index in [1.165, 1.54) is 0 Å². The molecule has 0 fully saturated rings. The summed E-state index contributed by atoms with van der Waals surface area (Å²) >= 11 is 2.26. The van der Waals surface area contributed by atoms with Crippen molar-refractivity contribution in [2.75, 3.05) is 36.8 Å². The molecule has 2 amide bonds. The average Bonchev–Trinajstić information content (AvgIpc) is 3.49. The average molecular weight is 649 g/mol. The largest absolute Gasteiger partial charge is 0.384 e. The predicted octanol–water partition coefficient (Wildman–Crippen LogP) is 3.25. The Morgan fingerprint density at radius 1 is 0.761 bits per heavy atom. The molecule has 2 aromatic rings. The molecular weight excluding hydrogens is 621 g/mol. The monoisotopic (exact) mass is 648 g/mol. The molecule has 2 atom stereocenters. The molecule has 6 N–H and O–H groups in total. The number of carbonyl (C=O) groups is 2. The highest BCUT2D eigenvalue weighted by Crippen LogP contribution is 2.56. The molecule has 0 bridgehead atoms. The molecule has 46 heavy (non-hydrogen) atoms. The summed E-state index contributed by atoms with van der Waals surface area (Å²) in [5.41, 5.74) is 16.0. The second kappa shape index (κ2) is 11.8. The van der Waals surface area contributed by atoms with Gasteiger partial charge in [-0.2, -0.15) is 10.5 Å². The number of thioether (sulfide) groups is 2. The van der Waals surface area contributed by atoms with Gasteiger partial charge in [-0.3, -0.25) is 19.6 Å². The van der Waals surface area contributed by atoms with Crippen molar-refractivity contribution in [2.24, 2.45) is 21.5 Å². The Morgan fingerprint density at radius 3 is 1.52 bits per heavy atom. The van der Waals surface area contributed by atoms with Crippen LogP contribution in [0.25, 0.3) is 0 Å². The summed E-state index contributed by atoms with van der Waals surface area (Å²) in [4.78, 5) is 39.8. The molecule has 4 heterocycles. The van der Waals surface area contributed by atoms with E-state index in [0.717, 1.165) is 23.5 Å². The number of hydrogen-bond donors (Lipinski definition) is 4. The van der Waals surface area contributed by atoms with E-state index in [4.69, 9.17) is 11.5 Å². The van der Waals surface area contributed by atoms with Crippen LogP contribution in [-0.4, -0.2) is 58.1 Å². The Labute approximate surface area is 273 Å². The highest BCUT2D eigenvalue weighted by Gasteiger charge is 2.58. The lowest BCUT2D eigenvalue weighted by Gasteiger charge is -2.42. The van der Waals surface area contributed by atoms with Crippen LogP contribution in [0.3, 0.4) is 0 Å². The molecular formula is C32H28N10O2S2. The van der Waals surface area contributed by atoms with Gasteiger partial charge in [-0.15, -0.1) is 13.2 Å². The molecule has 4 aliphatic rings. The van der Waals surface area contributed by atoms with Crippen molar-refractivity contribution in [3.8, 4) is 12.1 Å². The third-order valence-electron chi connectivity index (χ3n) is 7.98. The Balaban J connectivity index is 1.43. The maximum atomic E-state index is 13.6. The lowest BCUT2D eigenvalue weighted by molar-refractivity contribution is -0.118. The van der Waals surface area contributed by atoms with Gasteiger partial charge in [0.2, 0.25) is 0 Å². The van der Waals surface area contributed by atoms with Crippen molar-refractivity contribution < 1.29 is 9.59 Å². The summed E-state index contributed by atoms with van der Waals surface area (Å²) in [7, 11) is 0. The van der Waals surface area contributed by atoms with E-state index >= 15 is 0 Å². The zero-order chi connectivity index (χ0) is 32.6. The number of benzene rings is 2. The maximum absolute atomic E-state index is 13.6. The van der Waals surface area contributed by atoms with Crippen LogP contribution in [0, 0.1) is 22.7 Å².